The van der Waals surface area contributed by atoms with Crippen LogP contribution >= 0.6 is 0 Å². The number of rotatable bonds is 4. The van der Waals surface area contributed by atoms with Gasteiger partial charge in [-0.25, -0.2) is 4.79 Å². The van der Waals surface area contributed by atoms with E-state index in [1.807, 2.05) is 12.1 Å². The molecular weight excluding hydrogens is 266 g/mol. The molecule has 0 aliphatic carbocycles. The van der Waals surface area contributed by atoms with Gasteiger partial charge in [0.15, 0.2) is 6.61 Å². The van der Waals surface area contributed by atoms with Crippen LogP contribution in [0.1, 0.15) is 47.2 Å². The zero-order chi connectivity index (χ0) is 15.5. The van der Waals surface area contributed by atoms with Crippen LogP contribution in [-0.2, 0) is 10.2 Å². The van der Waals surface area contributed by atoms with E-state index in [9.17, 15) is 9.59 Å². The highest BCUT2D eigenvalue weighted by Crippen LogP contribution is 2.22. The highest BCUT2D eigenvalue weighted by Gasteiger charge is 2.16. The van der Waals surface area contributed by atoms with Gasteiger partial charge in [0, 0.05) is 6.20 Å². The van der Waals surface area contributed by atoms with Gasteiger partial charge in [-0.05, 0) is 35.2 Å². The minimum Gasteiger partial charge on any atom is -0.454 e. The summed E-state index contributed by atoms with van der Waals surface area (Å²) < 4.78 is 5.03. The van der Waals surface area contributed by atoms with Crippen molar-refractivity contribution in [3.63, 3.8) is 0 Å². The van der Waals surface area contributed by atoms with E-state index in [-0.39, 0.29) is 17.8 Å². The zero-order valence-electron chi connectivity index (χ0n) is 12.5. The molecule has 0 aliphatic heterocycles. The molecule has 0 spiro atoms. The summed E-state index contributed by atoms with van der Waals surface area (Å²) in [6.45, 7) is 6.06. The van der Waals surface area contributed by atoms with Gasteiger partial charge < -0.3 is 9.72 Å². The molecule has 0 saturated carbocycles. The molecule has 0 aliphatic rings. The summed E-state index contributed by atoms with van der Waals surface area (Å²) in [5, 5.41) is 0. The van der Waals surface area contributed by atoms with Crippen molar-refractivity contribution in [2.45, 2.75) is 26.2 Å². The van der Waals surface area contributed by atoms with E-state index in [1.165, 1.54) is 0 Å². The quantitative estimate of drug-likeness (QED) is 0.692. The number of Topliss-reactive ketones (excluding diaryl/α,β-unsaturated/α-hetero) is 1. The first-order chi connectivity index (χ1) is 9.88. The van der Waals surface area contributed by atoms with Crippen molar-refractivity contribution in [2.75, 3.05) is 6.61 Å². The zero-order valence-corrected chi connectivity index (χ0v) is 12.5. The number of nitrogens with one attached hydrogen (secondary N) is 1. The average molecular weight is 285 g/mol. The molecule has 0 amide bonds. The van der Waals surface area contributed by atoms with Crippen LogP contribution in [0.3, 0.4) is 0 Å². The number of hydrogen-bond acceptors (Lipinski definition) is 3. The van der Waals surface area contributed by atoms with Crippen LogP contribution in [0.2, 0.25) is 0 Å². The third-order valence-corrected chi connectivity index (χ3v) is 3.22. The van der Waals surface area contributed by atoms with Crippen molar-refractivity contribution < 1.29 is 14.3 Å². The predicted molar refractivity (Wildman–Crippen MR) is 80.5 cm³/mol. The summed E-state index contributed by atoms with van der Waals surface area (Å²) >= 11 is 0. The topological polar surface area (TPSA) is 59.2 Å². The Kier molecular flexibility index (Phi) is 4.26. The van der Waals surface area contributed by atoms with Crippen molar-refractivity contribution in [2.24, 2.45) is 0 Å². The van der Waals surface area contributed by atoms with E-state index in [0.29, 0.717) is 11.3 Å². The average Bonchev–Trinajstić information content (AvgIpc) is 2.98. The Morgan fingerprint density at radius 3 is 2.29 bits per heavy atom. The Morgan fingerprint density at radius 1 is 1.10 bits per heavy atom. The Morgan fingerprint density at radius 2 is 1.76 bits per heavy atom. The number of aromatic nitrogens is 1. The maximum absolute atomic E-state index is 11.9. The fraction of sp³-hybridized carbons (Fsp3) is 0.294. The fourth-order valence-electron chi connectivity index (χ4n) is 1.90. The molecule has 1 aromatic carbocycles. The summed E-state index contributed by atoms with van der Waals surface area (Å²) in [6, 6.07) is 10.6. The fourth-order valence-corrected chi connectivity index (χ4v) is 1.90. The molecule has 21 heavy (non-hydrogen) atoms. The third-order valence-electron chi connectivity index (χ3n) is 3.22. The molecule has 1 heterocycles. The lowest BCUT2D eigenvalue weighted by molar-refractivity contribution is 0.0473. The second kappa shape index (κ2) is 5.95. The lowest BCUT2D eigenvalue weighted by atomic mass is 9.87. The van der Waals surface area contributed by atoms with E-state index >= 15 is 0 Å². The van der Waals surface area contributed by atoms with Crippen LogP contribution in [0.25, 0.3) is 0 Å². The number of ether oxygens (including phenoxy) is 1. The normalized spacial score (nSPS) is 11.2. The van der Waals surface area contributed by atoms with Crippen molar-refractivity contribution in [3.05, 3.63) is 59.4 Å². The van der Waals surface area contributed by atoms with Gasteiger partial charge in [0.2, 0.25) is 5.78 Å². The third kappa shape index (κ3) is 3.81. The predicted octanol–water partition coefficient (Wildman–Crippen LogP) is 3.35. The monoisotopic (exact) mass is 285 g/mol. The maximum atomic E-state index is 11.9. The summed E-state index contributed by atoms with van der Waals surface area (Å²) in [5.74, 6) is -0.741. The standard InChI is InChI=1S/C17H19NO3/c1-17(2,3)13-8-6-12(7-9-13)16(20)21-11-15(19)14-5-4-10-18-14/h4-10,18H,11H2,1-3H3. The number of ketones is 1. The number of H-pyrrole nitrogens is 1. The Bertz CT molecular complexity index is 619. The number of benzene rings is 1. The number of esters is 1. The molecule has 1 aromatic heterocycles. The second-order valence-corrected chi connectivity index (χ2v) is 5.91. The van der Waals surface area contributed by atoms with Gasteiger partial charge in [-0.2, -0.15) is 0 Å². The minimum atomic E-state index is -0.490. The Labute approximate surface area is 124 Å². The Balaban J connectivity index is 1.96. The van der Waals surface area contributed by atoms with Crippen LogP contribution in [-0.4, -0.2) is 23.3 Å². The minimum absolute atomic E-state index is 0.0337. The molecule has 2 rings (SSSR count). The van der Waals surface area contributed by atoms with Crippen LogP contribution in [0.15, 0.2) is 42.6 Å². The van der Waals surface area contributed by atoms with Gasteiger partial charge in [0.05, 0.1) is 11.3 Å². The summed E-state index contributed by atoms with van der Waals surface area (Å²) in [5.41, 5.74) is 2.06. The number of aromatic amines is 1. The number of carbonyl (C=O) groups excluding carboxylic acids is 2. The van der Waals surface area contributed by atoms with Gasteiger partial charge in [-0.3, -0.25) is 4.79 Å². The summed E-state index contributed by atoms with van der Waals surface area (Å²) in [7, 11) is 0. The number of carbonyl (C=O) groups is 2. The van der Waals surface area contributed by atoms with Crippen molar-refractivity contribution in [3.8, 4) is 0 Å². The highest BCUT2D eigenvalue weighted by molar-refractivity contribution is 5.98. The molecular formula is C17H19NO3. The van der Waals surface area contributed by atoms with Gasteiger partial charge in [0.1, 0.15) is 0 Å². The Hall–Kier alpha value is -2.36. The molecule has 0 unspecified atom stereocenters. The van der Waals surface area contributed by atoms with Crippen LogP contribution in [0, 0.1) is 0 Å². The lowest BCUT2D eigenvalue weighted by Gasteiger charge is -2.18. The highest BCUT2D eigenvalue weighted by atomic mass is 16.5. The largest absolute Gasteiger partial charge is 0.454 e. The SMILES string of the molecule is CC(C)(C)c1ccc(C(=O)OCC(=O)c2ccc[nH]2)cc1. The van der Waals surface area contributed by atoms with Gasteiger partial charge in [0.25, 0.3) is 0 Å². The van der Waals surface area contributed by atoms with E-state index in [2.05, 4.69) is 25.8 Å². The molecule has 0 fully saturated rings. The summed E-state index contributed by atoms with van der Waals surface area (Å²) in [4.78, 5) is 26.4. The number of hydrogen-bond donors (Lipinski definition) is 1. The molecule has 110 valence electrons. The molecule has 1 N–H and O–H groups in total. The molecule has 0 radical (unpaired) electrons. The second-order valence-electron chi connectivity index (χ2n) is 5.91. The van der Waals surface area contributed by atoms with Crippen LogP contribution < -0.4 is 0 Å². The molecule has 4 nitrogen and oxygen atoms in total. The molecule has 0 atom stereocenters. The van der Waals surface area contributed by atoms with Crippen LogP contribution in [0.4, 0.5) is 0 Å². The van der Waals surface area contributed by atoms with Crippen LogP contribution in [0.5, 0.6) is 0 Å². The lowest BCUT2D eigenvalue weighted by Crippen LogP contribution is -2.15. The van der Waals surface area contributed by atoms with E-state index in [4.69, 9.17) is 4.74 Å². The molecule has 2 aromatic rings. The van der Waals surface area contributed by atoms with E-state index in [1.54, 1.807) is 30.5 Å². The van der Waals surface area contributed by atoms with Gasteiger partial charge in [-0.15, -0.1) is 0 Å². The first kappa shape index (κ1) is 15.0. The van der Waals surface area contributed by atoms with Crippen molar-refractivity contribution >= 4 is 11.8 Å². The molecule has 4 heteroatoms. The van der Waals surface area contributed by atoms with Crippen molar-refractivity contribution in [1.29, 1.82) is 0 Å². The first-order valence-electron chi connectivity index (χ1n) is 6.82. The van der Waals surface area contributed by atoms with Gasteiger partial charge >= 0.3 is 5.97 Å². The first-order valence-corrected chi connectivity index (χ1v) is 6.82. The molecule has 0 bridgehead atoms. The summed E-state index contributed by atoms with van der Waals surface area (Å²) in [6.07, 6.45) is 1.65. The maximum Gasteiger partial charge on any atom is 0.338 e. The smallest absolute Gasteiger partial charge is 0.338 e. The van der Waals surface area contributed by atoms with Gasteiger partial charge in [-0.1, -0.05) is 32.9 Å². The molecule has 0 saturated heterocycles. The van der Waals surface area contributed by atoms with E-state index in [0.717, 1.165) is 5.56 Å². The van der Waals surface area contributed by atoms with E-state index < -0.39 is 5.97 Å². The van der Waals surface area contributed by atoms with Crippen molar-refractivity contribution in [1.82, 2.24) is 4.98 Å².